The topological polar surface area (TPSA) is 60.8 Å². The first-order valence-electron chi connectivity index (χ1n) is 12.1. The van der Waals surface area contributed by atoms with Crippen molar-refractivity contribution in [2.75, 3.05) is 13.6 Å². The molecule has 5 atom stereocenters. The number of carbonyl (C=O) groups excluding carboxylic acids is 1. The van der Waals surface area contributed by atoms with Crippen LogP contribution in [0.25, 0.3) is 0 Å². The number of hydrogen-bond acceptors (Lipinski definition) is 3. The molecule has 1 aromatic carbocycles. The van der Waals surface area contributed by atoms with Crippen LogP contribution in [0.5, 0.6) is 5.75 Å². The van der Waals surface area contributed by atoms with Crippen molar-refractivity contribution in [2.45, 2.75) is 89.6 Å². The van der Waals surface area contributed by atoms with Gasteiger partial charge in [-0.2, -0.15) is 0 Å². The highest BCUT2D eigenvalue weighted by molar-refractivity contribution is 5.75. The average Bonchev–Trinajstić information content (AvgIpc) is 3.01. The second-order valence-electron chi connectivity index (χ2n) is 10.5. The van der Waals surface area contributed by atoms with Crippen molar-refractivity contribution < 1.29 is 15.0 Å². The van der Waals surface area contributed by atoms with Gasteiger partial charge in [-0.05, 0) is 97.8 Å². The number of phenols is 1. The average molecular weight is 414 g/mol. The van der Waals surface area contributed by atoms with Crippen LogP contribution in [0.2, 0.25) is 0 Å². The fourth-order valence-electron chi connectivity index (χ4n) is 7.11. The first-order valence-corrected chi connectivity index (χ1v) is 12.1. The number of amides is 1. The number of unbranched alkanes of at least 4 members (excludes halogenated alkanes) is 1. The molecular weight excluding hydrogens is 374 g/mol. The standard InChI is InChI=1S/C26H39NO3/c1-4-5-16-27(3)24(29)12-15-26(30)14-11-23-22-8-6-18-17-19(28)7-9-20(18)21(22)10-13-25(23,26)2/h7,9,17,21-23,28,30H,4-6,8,10-16H2,1-3H3/t21-,22-,23+,25+,26-/m1/s1. The second kappa shape index (κ2) is 8.18. The van der Waals surface area contributed by atoms with Gasteiger partial charge in [0.2, 0.25) is 5.91 Å². The van der Waals surface area contributed by atoms with Crippen molar-refractivity contribution in [3.63, 3.8) is 0 Å². The number of carbonyl (C=O) groups is 1. The summed E-state index contributed by atoms with van der Waals surface area (Å²) in [6.45, 7) is 5.26. The van der Waals surface area contributed by atoms with Gasteiger partial charge in [0.1, 0.15) is 5.75 Å². The van der Waals surface area contributed by atoms with Gasteiger partial charge < -0.3 is 15.1 Å². The van der Waals surface area contributed by atoms with Gasteiger partial charge in [0.25, 0.3) is 0 Å². The molecule has 4 rings (SSSR count). The van der Waals surface area contributed by atoms with Gasteiger partial charge in [0.05, 0.1) is 5.60 Å². The van der Waals surface area contributed by atoms with Crippen LogP contribution in [0.4, 0.5) is 0 Å². The molecular formula is C26H39NO3. The Morgan fingerprint density at radius 2 is 2.03 bits per heavy atom. The number of hydrogen-bond donors (Lipinski definition) is 2. The maximum Gasteiger partial charge on any atom is 0.222 e. The minimum absolute atomic E-state index is 0.0924. The van der Waals surface area contributed by atoms with E-state index >= 15 is 0 Å². The van der Waals surface area contributed by atoms with Gasteiger partial charge in [0, 0.05) is 20.0 Å². The number of nitrogens with zero attached hydrogens (tertiary/aromatic N) is 1. The van der Waals surface area contributed by atoms with Gasteiger partial charge in [-0.1, -0.05) is 26.3 Å². The fourth-order valence-corrected chi connectivity index (χ4v) is 7.11. The molecule has 0 radical (unpaired) electrons. The molecule has 4 nitrogen and oxygen atoms in total. The van der Waals surface area contributed by atoms with E-state index in [0.29, 0.717) is 36.3 Å². The van der Waals surface area contributed by atoms with Crippen LogP contribution in [-0.4, -0.2) is 40.2 Å². The lowest BCUT2D eigenvalue weighted by Crippen LogP contribution is -2.51. The molecule has 0 unspecified atom stereocenters. The normalized spacial score (nSPS) is 34.7. The third kappa shape index (κ3) is 3.55. The van der Waals surface area contributed by atoms with Crippen LogP contribution < -0.4 is 0 Å². The Balaban J connectivity index is 1.47. The van der Waals surface area contributed by atoms with Crippen LogP contribution in [0.3, 0.4) is 0 Å². The Hall–Kier alpha value is -1.55. The maximum absolute atomic E-state index is 12.6. The Labute approximate surface area is 181 Å². The number of benzene rings is 1. The zero-order chi connectivity index (χ0) is 21.5. The van der Waals surface area contributed by atoms with Crippen LogP contribution in [0.1, 0.15) is 88.7 Å². The van der Waals surface area contributed by atoms with Gasteiger partial charge in [-0.3, -0.25) is 4.79 Å². The highest BCUT2D eigenvalue weighted by Crippen LogP contribution is 2.65. The molecule has 2 fully saturated rings. The van der Waals surface area contributed by atoms with Crippen molar-refractivity contribution in [1.29, 1.82) is 0 Å². The number of rotatable bonds is 6. The van der Waals surface area contributed by atoms with Crippen molar-refractivity contribution >= 4 is 5.91 Å². The Morgan fingerprint density at radius 1 is 1.23 bits per heavy atom. The van der Waals surface area contributed by atoms with E-state index in [1.54, 1.807) is 0 Å². The molecule has 30 heavy (non-hydrogen) atoms. The molecule has 3 aliphatic rings. The molecule has 4 heteroatoms. The number of aryl methyl sites for hydroxylation is 1. The molecule has 0 aromatic heterocycles. The van der Waals surface area contributed by atoms with E-state index in [-0.39, 0.29) is 11.3 Å². The van der Waals surface area contributed by atoms with Crippen LogP contribution in [0.15, 0.2) is 18.2 Å². The number of aliphatic hydroxyl groups is 1. The molecule has 1 aromatic rings. The van der Waals surface area contributed by atoms with E-state index in [0.717, 1.165) is 57.9 Å². The lowest BCUT2D eigenvalue weighted by atomic mass is 9.53. The highest BCUT2D eigenvalue weighted by atomic mass is 16.3. The first kappa shape index (κ1) is 21.7. The number of phenolic OH excluding ortho intramolecular Hbond substituents is 1. The van der Waals surface area contributed by atoms with E-state index in [2.05, 4.69) is 19.9 Å². The molecule has 0 aliphatic heterocycles. The molecule has 2 saturated carbocycles. The van der Waals surface area contributed by atoms with E-state index < -0.39 is 5.60 Å². The predicted molar refractivity (Wildman–Crippen MR) is 119 cm³/mol. The Morgan fingerprint density at radius 3 is 2.80 bits per heavy atom. The largest absolute Gasteiger partial charge is 0.508 e. The van der Waals surface area contributed by atoms with Crippen molar-refractivity contribution in [3.05, 3.63) is 29.3 Å². The lowest BCUT2D eigenvalue weighted by molar-refractivity contribution is -0.136. The smallest absolute Gasteiger partial charge is 0.222 e. The first-order chi connectivity index (χ1) is 14.3. The van der Waals surface area contributed by atoms with Crippen molar-refractivity contribution in [2.24, 2.45) is 17.3 Å². The molecule has 0 spiro atoms. The summed E-state index contributed by atoms with van der Waals surface area (Å²) in [6, 6.07) is 5.92. The molecule has 3 aliphatic carbocycles. The van der Waals surface area contributed by atoms with Gasteiger partial charge >= 0.3 is 0 Å². The molecule has 2 N–H and O–H groups in total. The van der Waals surface area contributed by atoms with E-state index in [1.165, 1.54) is 11.1 Å². The Bertz CT molecular complexity index is 792. The van der Waals surface area contributed by atoms with Crippen LogP contribution in [0, 0.1) is 17.3 Å². The van der Waals surface area contributed by atoms with Crippen molar-refractivity contribution in [1.82, 2.24) is 4.90 Å². The minimum Gasteiger partial charge on any atom is -0.508 e. The summed E-state index contributed by atoms with van der Waals surface area (Å²) in [4.78, 5) is 14.4. The monoisotopic (exact) mass is 413 g/mol. The number of fused-ring (bicyclic) bond motifs is 5. The third-order valence-corrected chi connectivity index (χ3v) is 9.06. The molecule has 1 amide bonds. The fraction of sp³-hybridized carbons (Fsp3) is 0.731. The molecule has 0 heterocycles. The summed E-state index contributed by atoms with van der Waals surface area (Å²) in [6.07, 6.45) is 9.37. The zero-order valence-electron chi connectivity index (χ0n) is 19.0. The molecule has 166 valence electrons. The lowest BCUT2D eigenvalue weighted by Gasteiger charge is -2.53. The summed E-state index contributed by atoms with van der Waals surface area (Å²) in [5.41, 5.74) is 1.92. The summed E-state index contributed by atoms with van der Waals surface area (Å²) < 4.78 is 0. The SMILES string of the molecule is CCCCN(C)C(=O)CC[C@]1(O)CC[C@H]2[C@@H]3CCc4cc(O)ccc4[C@H]3CC[C@@]21C. The molecule has 0 saturated heterocycles. The van der Waals surface area contributed by atoms with E-state index in [1.807, 2.05) is 24.1 Å². The maximum atomic E-state index is 12.6. The van der Waals surface area contributed by atoms with Gasteiger partial charge in [0.15, 0.2) is 0 Å². The summed E-state index contributed by atoms with van der Waals surface area (Å²) in [5.74, 6) is 2.23. The zero-order valence-corrected chi connectivity index (χ0v) is 19.0. The summed E-state index contributed by atoms with van der Waals surface area (Å²) in [7, 11) is 1.89. The van der Waals surface area contributed by atoms with Crippen molar-refractivity contribution in [3.8, 4) is 5.75 Å². The number of aromatic hydroxyl groups is 1. The second-order valence-corrected chi connectivity index (χ2v) is 10.5. The van der Waals surface area contributed by atoms with E-state index in [9.17, 15) is 15.0 Å². The van der Waals surface area contributed by atoms with Crippen LogP contribution in [-0.2, 0) is 11.2 Å². The minimum atomic E-state index is -0.723. The predicted octanol–water partition coefficient (Wildman–Crippen LogP) is 5.02. The molecule has 0 bridgehead atoms. The van der Waals surface area contributed by atoms with Gasteiger partial charge in [-0.25, -0.2) is 0 Å². The van der Waals surface area contributed by atoms with Crippen LogP contribution >= 0.6 is 0 Å². The van der Waals surface area contributed by atoms with Gasteiger partial charge in [-0.15, -0.1) is 0 Å². The van der Waals surface area contributed by atoms with E-state index in [4.69, 9.17) is 0 Å². The Kier molecular flexibility index (Phi) is 5.91. The third-order valence-electron chi connectivity index (χ3n) is 9.06. The summed E-state index contributed by atoms with van der Waals surface area (Å²) in [5, 5.41) is 21.6. The summed E-state index contributed by atoms with van der Waals surface area (Å²) >= 11 is 0. The quantitative estimate of drug-likeness (QED) is 0.688. The highest BCUT2D eigenvalue weighted by Gasteiger charge is 2.61.